The standard InChI is InChI=1S/C14H18N4O3.C6H5NO2/c1-19-10-5-8(6-11(20-2)12(10)21-3)4-9-7-17-14(16)18-13(9)15;8-6(9)5-3-1-2-4-7-5/h5-7H,4H2,1-3H3,(H4,15,16,17,18);1-4H,(H,8,9). The fraction of sp³-hybridized carbons (Fsp3) is 0.200. The van der Waals surface area contributed by atoms with Crippen LogP contribution in [0, 0.1) is 0 Å². The lowest BCUT2D eigenvalue weighted by Crippen LogP contribution is -2.23. The number of nitrogens with two attached hydrogens (primary N) is 2. The maximum Gasteiger partial charge on any atom is 0.388 e. The van der Waals surface area contributed by atoms with E-state index in [0.29, 0.717) is 29.5 Å². The minimum atomic E-state index is -1.24. The number of H-pyrrole nitrogens is 1. The highest BCUT2D eigenvalue weighted by Gasteiger charge is 2.15. The molecule has 3 rings (SSSR count). The van der Waals surface area contributed by atoms with Crippen molar-refractivity contribution in [1.29, 1.82) is 0 Å². The number of hydrogen-bond donors (Lipinski definition) is 2. The zero-order chi connectivity index (χ0) is 22.1. The summed E-state index contributed by atoms with van der Waals surface area (Å²) < 4.78 is 15.9. The first-order chi connectivity index (χ1) is 14.4. The maximum absolute atomic E-state index is 10.0. The van der Waals surface area contributed by atoms with Crippen molar-refractivity contribution in [3.05, 3.63) is 59.5 Å². The molecule has 2 heterocycles. The van der Waals surface area contributed by atoms with E-state index in [1.54, 1.807) is 39.7 Å². The van der Waals surface area contributed by atoms with Crippen molar-refractivity contribution in [1.82, 2.24) is 9.97 Å². The summed E-state index contributed by atoms with van der Waals surface area (Å²) in [6.07, 6.45) is 3.71. The van der Waals surface area contributed by atoms with Crippen molar-refractivity contribution in [3.63, 3.8) is 0 Å². The van der Waals surface area contributed by atoms with Gasteiger partial charge in [0.25, 0.3) is 0 Å². The van der Waals surface area contributed by atoms with E-state index in [2.05, 4.69) is 15.0 Å². The van der Waals surface area contributed by atoms with Crippen molar-refractivity contribution in [2.45, 2.75) is 6.42 Å². The molecule has 30 heavy (non-hydrogen) atoms. The van der Waals surface area contributed by atoms with Gasteiger partial charge in [0.15, 0.2) is 11.5 Å². The molecule has 10 nitrogen and oxygen atoms in total. The van der Waals surface area contributed by atoms with Gasteiger partial charge in [-0.05, 0) is 29.8 Å². The summed E-state index contributed by atoms with van der Waals surface area (Å²) >= 11 is 0. The average Bonchev–Trinajstić information content (AvgIpc) is 2.76. The minimum Gasteiger partial charge on any atom is -0.543 e. The molecule has 0 unspecified atom stereocenters. The molecule has 0 aliphatic rings. The molecule has 0 atom stereocenters. The lowest BCUT2D eigenvalue weighted by Gasteiger charge is -2.14. The summed E-state index contributed by atoms with van der Waals surface area (Å²) in [4.78, 5) is 20.4. The second-order valence-electron chi connectivity index (χ2n) is 5.91. The second kappa shape index (κ2) is 10.5. The van der Waals surface area contributed by atoms with E-state index in [1.807, 2.05) is 12.1 Å². The second-order valence-corrected chi connectivity index (χ2v) is 5.91. The molecule has 158 valence electrons. The van der Waals surface area contributed by atoms with Crippen LogP contribution in [0.4, 0.5) is 11.8 Å². The van der Waals surface area contributed by atoms with E-state index in [4.69, 9.17) is 25.7 Å². The number of aromatic carboxylic acids is 1. The van der Waals surface area contributed by atoms with Gasteiger partial charge in [-0.25, -0.2) is 4.98 Å². The molecule has 0 radical (unpaired) electrons. The molecule has 5 N–H and O–H groups in total. The molecule has 0 spiro atoms. The van der Waals surface area contributed by atoms with Crippen LogP contribution < -0.4 is 35.8 Å². The Kier molecular flexibility index (Phi) is 7.74. The number of hydrogen-bond acceptors (Lipinski definition) is 9. The van der Waals surface area contributed by atoms with Crippen LogP contribution in [0.2, 0.25) is 0 Å². The van der Waals surface area contributed by atoms with E-state index in [0.717, 1.165) is 11.1 Å². The Hall–Kier alpha value is -4.08. The van der Waals surface area contributed by atoms with Crippen LogP contribution in [0.3, 0.4) is 0 Å². The van der Waals surface area contributed by atoms with Crippen molar-refractivity contribution in [2.75, 3.05) is 32.8 Å². The summed E-state index contributed by atoms with van der Waals surface area (Å²) in [5, 5.41) is 10.0. The number of anilines is 2. The highest BCUT2D eigenvalue weighted by atomic mass is 16.5. The van der Waals surface area contributed by atoms with Crippen LogP contribution in [0.25, 0.3) is 0 Å². The Morgan fingerprint density at radius 3 is 2.20 bits per heavy atom. The summed E-state index contributed by atoms with van der Waals surface area (Å²) in [7, 11) is 4.72. The molecular weight excluding hydrogens is 390 g/mol. The van der Waals surface area contributed by atoms with Gasteiger partial charge in [0, 0.05) is 18.2 Å². The van der Waals surface area contributed by atoms with Crippen LogP contribution in [-0.2, 0) is 6.42 Å². The summed E-state index contributed by atoms with van der Waals surface area (Å²) in [5.74, 6) is 1.17. The van der Waals surface area contributed by atoms with Crippen LogP contribution >= 0.6 is 0 Å². The zero-order valence-electron chi connectivity index (χ0n) is 16.8. The van der Waals surface area contributed by atoms with Gasteiger partial charge in [-0.1, -0.05) is 11.1 Å². The molecule has 0 saturated heterocycles. The van der Waals surface area contributed by atoms with Crippen molar-refractivity contribution in [3.8, 4) is 17.2 Å². The molecule has 0 fully saturated rings. The van der Waals surface area contributed by atoms with Crippen LogP contribution in [-0.4, -0.2) is 37.3 Å². The number of carboxylic acids is 1. The number of ether oxygens (including phenoxy) is 3. The number of benzene rings is 1. The molecule has 0 aliphatic carbocycles. The SMILES string of the molecule is COc1cc(Cc2c[nH+]c(N)nc2N)cc(OC)c1OC.O=C([O-])c1ccccn1. The Balaban J connectivity index is 0.000000297. The van der Waals surface area contributed by atoms with Gasteiger partial charge < -0.3 is 29.8 Å². The summed E-state index contributed by atoms with van der Waals surface area (Å²) in [5.41, 5.74) is 13.2. The fourth-order valence-corrected chi connectivity index (χ4v) is 2.55. The van der Waals surface area contributed by atoms with Gasteiger partial charge in [-0.15, -0.1) is 0 Å². The Labute approximate surface area is 173 Å². The number of nitrogens with one attached hydrogen (secondary N) is 1. The van der Waals surface area contributed by atoms with Gasteiger partial charge in [-0.2, -0.15) is 0 Å². The molecule has 0 aliphatic heterocycles. The molecule has 10 heteroatoms. The highest BCUT2D eigenvalue weighted by Crippen LogP contribution is 2.38. The predicted molar refractivity (Wildman–Crippen MR) is 107 cm³/mol. The van der Waals surface area contributed by atoms with Gasteiger partial charge >= 0.3 is 5.95 Å². The minimum absolute atomic E-state index is 0.0301. The van der Waals surface area contributed by atoms with E-state index in [-0.39, 0.29) is 11.6 Å². The molecule has 0 amide bonds. The molecular formula is C20H23N5O5. The molecule has 2 aromatic heterocycles. The number of aromatic nitrogens is 3. The Morgan fingerprint density at radius 1 is 1.10 bits per heavy atom. The number of carbonyl (C=O) groups excluding carboxylic acids is 1. The quantitative estimate of drug-likeness (QED) is 0.572. The smallest absolute Gasteiger partial charge is 0.388 e. The number of carbonyl (C=O) groups is 1. The predicted octanol–water partition coefficient (Wildman–Crippen LogP) is 0.122. The first-order valence-electron chi connectivity index (χ1n) is 8.73. The fourth-order valence-electron chi connectivity index (χ4n) is 2.55. The number of aromatic amines is 1. The molecule has 0 saturated carbocycles. The van der Waals surface area contributed by atoms with Gasteiger partial charge in [0.1, 0.15) is 0 Å². The van der Waals surface area contributed by atoms with E-state index in [9.17, 15) is 9.90 Å². The van der Waals surface area contributed by atoms with Gasteiger partial charge in [-0.3, -0.25) is 10.7 Å². The van der Waals surface area contributed by atoms with Crippen LogP contribution in [0.5, 0.6) is 17.2 Å². The number of nitrogen functional groups attached to an aromatic ring is 2. The normalized spacial score (nSPS) is 9.83. The van der Waals surface area contributed by atoms with Crippen LogP contribution in [0.1, 0.15) is 21.6 Å². The number of methoxy groups -OCH3 is 3. The Morgan fingerprint density at radius 2 is 1.77 bits per heavy atom. The first-order valence-corrected chi connectivity index (χ1v) is 8.73. The van der Waals surface area contributed by atoms with Gasteiger partial charge in [0.2, 0.25) is 11.6 Å². The summed E-state index contributed by atoms with van der Waals surface area (Å²) in [6.45, 7) is 0. The van der Waals surface area contributed by atoms with Gasteiger partial charge in [0.05, 0.1) is 39.2 Å². The molecule has 1 aromatic carbocycles. The maximum atomic E-state index is 10.0. The lowest BCUT2D eigenvalue weighted by atomic mass is 10.1. The lowest BCUT2D eigenvalue weighted by molar-refractivity contribution is -0.364. The number of carboxylic acid groups (broad SMARTS) is 1. The monoisotopic (exact) mass is 413 g/mol. The first kappa shape index (κ1) is 22.2. The largest absolute Gasteiger partial charge is 0.543 e. The van der Waals surface area contributed by atoms with E-state index in [1.165, 1.54) is 12.3 Å². The van der Waals surface area contributed by atoms with Crippen LogP contribution in [0.15, 0.2) is 42.7 Å². The van der Waals surface area contributed by atoms with E-state index >= 15 is 0 Å². The van der Waals surface area contributed by atoms with Crippen molar-refractivity contribution in [2.24, 2.45) is 0 Å². The number of rotatable bonds is 6. The zero-order valence-corrected chi connectivity index (χ0v) is 16.8. The molecule has 0 bridgehead atoms. The third-order valence-electron chi connectivity index (χ3n) is 3.96. The van der Waals surface area contributed by atoms with Crippen molar-refractivity contribution < 1.29 is 29.1 Å². The summed E-state index contributed by atoms with van der Waals surface area (Å²) in [6, 6.07) is 8.37. The number of nitrogens with zero attached hydrogens (tertiary/aromatic N) is 2. The topological polar surface area (TPSA) is 160 Å². The van der Waals surface area contributed by atoms with Crippen molar-refractivity contribution >= 4 is 17.7 Å². The third-order valence-corrected chi connectivity index (χ3v) is 3.96. The Bertz CT molecular complexity index is 973. The number of pyridine rings is 1. The molecule has 3 aromatic rings. The highest BCUT2D eigenvalue weighted by molar-refractivity contribution is 5.83. The average molecular weight is 413 g/mol. The third kappa shape index (κ3) is 5.71. The van der Waals surface area contributed by atoms with E-state index < -0.39 is 5.97 Å².